The van der Waals surface area contributed by atoms with Gasteiger partial charge in [0, 0.05) is 37.2 Å². The molecule has 0 unspecified atom stereocenters. The lowest BCUT2D eigenvalue weighted by molar-refractivity contribution is -0.130. The number of carbonyl (C=O) groups excluding carboxylic acids is 1. The topological polar surface area (TPSA) is 36.4 Å². The average molecular weight is 305 g/mol. The molecule has 0 saturated carbocycles. The molecule has 4 nitrogen and oxygen atoms in total. The van der Waals surface area contributed by atoms with Crippen LogP contribution in [0.25, 0.3) is 0 Å². The highest BCUT2D eigenvalue weighted by Gasteiger charge is 2.21. The fraction of sp³-hybridized carbons (Fsp3) is 0.333. The molecule has 6 heteroatoms. The summed E-state index contributed by atoms with van der Waals surface area (Å²) >= 11 is 1.51. The number of aromatic nitrogens is 1. The molecule has 0 N–H and O–H groups in total. The molecule has 110 valence electrons. The molecule has 1 aliphatic heterocycles. The maximum absolute atomic E-state index is 12.9. The Labute approximate surface area is 126 Å². The lowest BCUT2D eigenvalue weighted by Crippen LogP contribution is -2.49. The first-order valence-corrected chi connectivity index (χ1v) is 7.82. The van der Waals surface area contributed by atoms with E-state index in [0.717, 1.165) is 24.5 Å². The third-order valence-corrected chi connectivity index (χ3v) is 4.28. The van der Waals surface area contributed by atoms with Crippen LogP contribution in [0.15, 0.2) is 35.2 Å². The number of carbonyl (C=O) groups is 1. The van der Waals surface area contributed by atoms with Gasteiger partial charge in [0.15, 0.2) is 0 Å². The number of rotatable bonds is 3. The highest BCUT2D eigenvalue weighted by molar-refractivity contribution is 7.07. The van der Waals surface area contributed by atoms with Gasteiger partial charge in [-0.05, 0) is 24.3 Å². The molecule has 0 radical (unpaired) electrons. The number of nitrogens with zero attached hydrogens (tertiary/aromatic N) is 3. The monoisotopic (exact) mass is 305 g/mol. The fourth-order valence-electron chi connectivity index (χ4n) is 2.46. The van der Waals surface area contributed by atoms with Crippen molar-refractivity contribution in [3.63, 3.8) is 0 Å². The van der Waals surface area contributed by atoms with Crippen molar-refractivity contribution in [2.45, 2.75) is 6.42 Å². The summed E-state index contributed by atoms with van der Waals surface area (Å²) in [5.74, 6) is -0.101. The predicted octanol–water partition coefficient (Wildman–Crippen LogP) is 2.17. The minimum Gasteiger partial charge on any atom is -0.368 e. The lowest BCUT2D eigenvalue weighted by atomic mass is 10.2. The van der Waals surface area contributed by atoms with E-state index in [-0.39, 0.29) is 11.7 Å². The number of benzene rings is 1. The van der Waals surface area contributed by atoms with Crippen LogP contribution in [0, 0.1) is 5.82 Å². The average Bonchev–Trinajstić information content (AvgIpc) is 3.01. The van der Waals surface area contributed by atoms with E-state index in [9.17, 15) is 9.18 Å². The first-order valence-electron chi connectivity index (χ1n) is 6.88. The summed E-state index contributed by atoms with van der Waals surface area (Å²) in [6.45, 7) is 2.93. The van der Waals surface area contributed by atoms with Crippen LogP contribution in [0.5, 0.6) is 0 Å². The molecule has 3 rings (SSSR count). The van der Waals surface area contributed by atoms with Crippen molar-refractivity contribution in [3.8, 4) is 0 Å². The van der Waals surface area contributed by atoms with Gasteiger partial charge in [0.2, 0.25) is 5.91 Å². The molecule has 1 aromatic carbocycles. The smallest absolute Gasteiger partial charge is 0.228 e. The number of hydrogen-bond acceptors (Lipinski definition) is 4. The number of piperazine rings is 1. The third-order valence-electron chi connectivity index (χ3n) is 3.64. The van der Waals surface area contributed by atoms with Gasteiger partial charge in [-0.2, -0.15) is 0 Å². The molecule has 1 amide bonds. The number of hydrogen-bond donors (Lipinski definition) is 0. The van der Waals surface area contributed by atoms with Gasteiger partial charge in [-0.1, -0.05) is 0 Å². The molecule has 1 fully saturated rings. The molecule has 0 aliphatic carbocycles. The molecule has 21 heavy (non-hydrogen) atoms. The quantitative estimate of drug-likeness (QED) is 0.872. The van der Waals surface area contributed by atoms with E-state index in [1.54, 1.807) is 17.6 Å². The molecule has 0 bridgehead atoms. The molecule has 1 aliphatic rings. The van der Waals surface area contributed by atoms with Crippen molar-refractivity contribution >= 4 is 22.9 Å². The van der Waals surface area contributed by atoms with Gasteiger partial charge in [0.1, 0.15) is 5.82 Å². The van der Waals surface area contributed by atoms with Crippen LogP contribution < -0.4 is 4.90 Å². The van der Waals surface area contributed by atoms with Crippen LogP contribution in [0.4, 0.5) is 10.1 Å². The molecule has 1 saturated heterocycles. The number of anilines is 1. The Morgan fingerprint density at radius 2 is 1.90 bits per heavy atom. The van der Waals surface area contributed by atoms with Gasteiger partial charge in [0.05, 0.1) is 17.6 Å². The summed E-state index contributed by atoms with van der Waals surface area (Å²) in [5.41, 5.74) is 3.59. The summed E-state index contributed by atoms with van der Waals surface area (Å²) in [6.07, 6.45) is 0.375. The van der Waals surface area contributed by atoms with E-state index in [1.807, 2.05) is 10.3 Å². The maximum Gasteiger partial charge on any atom is 0.228 e. The zero-order valence-electron chi connectivity index (χ0n) is 11.5. The Hall–Kier alpha value is -1.95. The minimum atomic E-state index is -0.226. The van der Waals surface area contributed by atoms with E-state index in [0.29, 0.717) is 19.5 Å². The zero-order valence-corrected chi connectivity index (χ0v) is 12.4. The SMILES string of the molecule is O=C(Cc1cscn1)N1CCN(c2ccc(F)cc2)CC1. The van der Waals surface area contributed by atoms with Crippen LogP contribution in [0.1, 0.15) is 5.69 Å². The summed E-state index contributed by atoms with van der Waals surface area (Å²) in [7, 11) is 0. The second-order valence-electron chi connectivity index (χ2n) is 5.00. The Bertz CT molecular complexity index is 592. The van der Waals surface area contributed by atoms with Gasteiger partial charge in [0.25, 0.3) is 0 Å². The van der Waals surface area contributed by atoms with Gasteiger partial charge in [-0.15, -0.1) is 11.3 Å². The molecule has 2 aromatic rings. The Morgan fingerprint density at radius 1 is 1.19 bits per heavy atom. The van der Waals surface area contributed by atoms with Crippen LogP contribution in [-0.4, -0.2) is 42.0 Å². The lowest BCUT2D eigenvalue weighted by Gasteiger charge is -2.36. The van der Waals surface area contributed by atoms with Crippen molar-refractivity contribution in [2.75, 3.05) is 31.1 Å². The van der Waals surface area contributed by atoms with Crippen molar-refractivity contribution in [1.29, 1.82) is 0 Å². The third kappa shape index (κ3) is 3.39. The van der Waals surface area contributed by atoms with E-state index in [4.69, 9.17) is 0 Å². The molecular weight excluding hydrogens is 289 g/mol. The molecule has 2 heterocycles. The normalized spacial score (nSPS) is 15.3. The first-order chi connectivity index (χ1) is 10.2. The van der Waals surface area contributed by atoms with Crippen molar-refractivity contribution in [2.24, 2.45) is 0 Å². The van der Waals surface area contributed by atoms with E-state index >= 15 is 0 Å². The summed E-state index contributed by atoms with van der Waals surface area (Å²) in [6, 6.07) is 6.49. The minimum absolute atomic E-state index is 0.125. The second kappa shape index (κ2) is 6.22. The first kappa shape index (κ1) is 14.0. The molecular formula is C15H16FN3OS. The highest BCUT2D eigenvalue weighted by Crippen LogP contribution is 2.17. The Kier molecular flexibility index (Phi) is 4.15. The standard InChI is InChI=1S/C15H16FN3OS/c16-12-1-3-14(4-2-12)18-5-7-19(8-6-18)15(20)9-13-10-21-11-17-13/h1-4,10-11H,5-9H2. The molecule has 0 atom stereocenters. The van der Waals surface area contributed by atoms with Crippen molar-refractivity contribution < 1.29 is 9.18 Å². The van der Waals surface area contributed by atoms with Crippen LogP contribution in [0.3, 0.4) is 0 Å². The molecule has 1 aromatic heterocycles. The van der Waals surface area contributed by atoms with Crippen LogP contribution in [-0.2, 0) is 11.2 Å². The van der Waals surface area contributed by atoms with Gasteiger partial charge >= 0.3 is 0 Å². The molecule has 0 spiro atoms. The maximum atomic E-state index is 12.9. The van der Waals surface area contributed by atoms with E-state index < -0.39 is 0 Å². The Balaban J connectivity index is 1.55. The van der Waals surface area contributed by atoms with Gasteiger partial charge in [-0.3, -0.25) is 4.79 Å². The number of halogens is 1. The van der Waals surface area contributed by atoms with E-state index in [1.165, 1.54) is 23.5 Å². The van der Waals surface area contributed by atoms with Crippen LogP contribution in [0.2, 0.25) is 0 Å². The second-order valence-corrected chi connectivity index (χ2v) is 5.72. The van der Waals surface area contributed by atoms with Gasteiger partial charge in [-0.25, -0.2) is 9.37 Å². The van der Waals surface area contributed by atoms with Gasteiger partial charge < -0.3 is 9.80 Å². The van der Waals surface area contributed by atoms with E-state index in [2.05, 4.69) is 9.88 Å². The zero-order chi connectivity index (χ0) is 14.7. The van der Waals surface area contributed by atoms with Crippen LogP contribution >= 0.6 is 11.3 Å². The summed E-state index contributed by atoms with van der Waals surface area (Å²) < 4.78 is 12.9. The number of thiazole rings is 1. The van der Waals surface area contributed by atoms with Crippen molar-refractivity contribution in [1.82, 2.24) is 9.88 Å². The highest BCUT2D eigenvalue weighted by atomic mass is 32.1. The largest absolute Gasteiger partial charge is 0.368 e. The Morgan fingerprint density at radius 3 is 2.52 bits per heavy atom. The number of amides is 1. The fourth-order valence-corrected chi connectivity index (χ4v) is 3.02. The summed E-state index contributed by atoms with van der Waals surface area (Å²) in [5, 5.41) is 1.91. The van der Waals surface area contributed by atoms with Crippen molar-refractivity contribution in [3.05, 3.63) is 46.7 Å². The summed E-state index contributed by atoms with van der Waals surface area (Å²) in [4.78, 5) is 20.4. The predicted molar refractivity (Wildman–Crippen MR) is 81.0 cm³/mol.